The van der Waals surface area contributed by atoms with Gasteiger partial charge in [0, 0.05) is 13.1 Å². The first-order valence-corrected chi connectivity index (χ1v) is 12.9. The maximum Gasteiger partial charge on any atom is 0.290 e. The fourth-order valence-corrected chi connectivity index (χ4v) is 4.41. The number of likely N-dealkylation sites (N-methyl/N-ethyl adjacent to an activating group) is 1. The number of carbonyl (C=O) groups is 2. The average Bonchev–Trinajstić information content (AvgIpc) is 3.51. The molecule has 1 amide bonds. The summed E-state index contributed by atoms with van der Waals surface area (Å²) in [6.07, 6.45) is 4.52. The van der Waals surface area contributed by atoms with Gasteiger partial charge in [0.05, 0.1) is 31.1 Å². The van der Waals surface area contributed by atoms with E-state index in [9.17, 15) is 14.7 Å². The maximum atomic E-state index is 13.4. The summed E-state index contributed by atoms with van der Waals surface area (Å²) in [6.45, 7) is 11.8. The number of amides is 1. The molecule has 2 aromatic rings. The largest absolute Gasteiger partial charge is 0.503 e. The number of carbonyl (C=O) groups excluding carboxylic acids is 2. The van der Waals surface area contributed by atoms with Crippen LogP contribution in [-0.4, -0.2) is 66.0 Å². The van der Waals surface area contributed by atoms with Crippen molar-refractivity contribution in [1.82, 2.24) is 9.80 Å². The molecule has 36 heavy (non-hydrogen) atoms. The van der Waals surface area contributed by atoms with E-state index >= 15 is 0 Å². The number of aliphatic hydroxyl groups is 1. The Morgan fingerprint density at radius 3 is 2.50 bits per heavy atom. The summed E-state index contributed by atoms with van der Waals surface area (Å²) in [5, 5.41) is 10.9. The van der Waals surface area contributed by atoms with Crippen molar-refractivity contribution < 1.29 is 28.6 Å². The first-order chi connectivity index (χ1) is 17.5. The SMILES string of the molecule is CCCCCOc1ccc(C2C(C(=O)c3ccco3)=C(O)C(=O)N2CCN(CC)CC)cc1OCC. The molecule has 1 aliphatic heterocycles. The molecule has 0 aliphatic carbocycles. The van der Waals surface area contributed by atoms with E-state index in [4.69, 9.17) is 13.9 Å². The van der Waals surface area contributed by atoms with Crippen molar-refractivity contribution >= 4 is 11.7 Å². The molecule has 0 saturated heterocycles. The Morgan fingerprint density at radius 1 is 1.08 bits per heavy atom. The number of furan rings is 1. The van der Waals surface area contributed by atoms with Gasteiger partial charge in [-0.3, -0.25) is 9.59 Å². The number of aliphatic hydroxyl groups excluding tert-OH is 1. The van der Waals surface area contributed by atoms with Gasteiger partial charge < -0.3 is 28.8 Å². The summed E-state index contributed by atoms with van der Waals surface area (Å²) in [7, 11) is 0. The van der Waals surface area contributed by atoms with Crippen molar-refractivity contribution in [2.24, 2.45) is 0 Å². The topological polar surface area (TPSA) is 92.5 Å². The van der Waals surface area contributed by atoms with E-state index in [2.05, 4.69) is 25.7 Å². The summed E-state index contributed by atoms with van der Waals surface area (Å²) in [6, 6.07) is 7.79. The molecule has 0 spiro atoms. The van der Waals surface area contributed by atoms with Gasteiger partial charge in [-0.15, -0.1) is 0 Å². The van der Waals surface area contributed by atoms with Crippen LogP contribution in [0.15, 0.2) is 52.3 Å². The lowest BCUT2D eigenvalue weighted by atomic mass is 9.94. The van der Waals surface area contributed by atoms with Crippen LogP contribution in [0.2, 0.25) is 0 Å². The van der Waals surface area contributed by atoms with Gasteiger partial charge in [0.2, 0.25) is 5.78 Å². The van der Waals surface area contributed by atoms with Gasteiger partial charge in [0.25, 0.3) is 5.91 Å². The van der Waals surface area contributed by atoms with Crippen LogP contribution in [0.5, 0.6) is 11.5 Å². The second-order valence-corrected chi connectivity index (χ2v) is 8.69. The zero-order valence-corrected chi connectivity index (χ0v) is 21.8. The van der Waals surface area contributed by atoms with Crippen LogP contribution in [-0.2, 0) is 4.79 Å². The van der Waals surface area contributed by atoms with E-state index in [0.29, 0.717) is 43.4 Å². The number of rotatable bonds is 15. The van der Waals surface area contributed by atoms with Crippen LogP contribution in [0.25, 0.3) is 0 Å². The first-order valence-electron chi connectivity index (χ1n) is 12.9. The lowest BCUT2D eigenvalue weighted by molar-refractivity contribution is -0.129. The predicted octanol–water partition coefficient (Wildman–Crippen LogP) is 5.17. The minimum Gasteiger partial charge on any atom is -0.503 e. The second kappa shape index (κ2) is 13.2. The molecule has 0 saturated carbocycles. The van der Waals surface area contributed by atoms with Crippen molar-refractivity contribution in [3.63, 3.8) is 0 Å². The zero-order chi connectivity index (χ0) is 26.1. The van der Waals surface area contributed by atoms with Crippen LogP contribution in [0.3, 0.4) is 0 Å². The van der Waals surface area contributed by atoms with Crippen molar-refractivity contribution in [2.75, 3.05) is 39.4 Å². The minimum absolute atomic E-state index is 0.00793. The predicted molar refractivity (Wildman–Crippen MR) is 138 cm³/mol. The molecular weight excluding hydrogens is 460 g/mol. The number of Topliss-reactive ketones (excluding diaryl/α,β-unsaturated/α-hetero) is 1. The fraction of sp³-hybridized carbons (Fsp3) is 0.500. The van der Waals surface area contributed by atoms with Crippen LogP contribution in [0.1, 0.15) is 69.1 Å². The highest BCUT2D eigenvalue weighted by Gasteiger charge is 2.44. The average molecular weight is 499 g/mol. The van der Waals surface area contributed by atoms with Crippen LogP contribution in [0.4, 0.5) is 0 Å². The molecular formula is C28H38N2O6. The molecule has 8 nitrogen and oxygen atoms in total. The Kier molecular flexibility index (Phi) is 9.99. The third-order valence-corrected chi connectivity index (χ3v) is 6.43. The molecule has 1 unspecified atom stereocenters. The number of ketones is 1. The van der Waals surface area contributed by atoms with Gasteiger partial charge in [0.15, 0.2) is 23.0 Å². The van der Waals surface area contributed by atoms with Gasteiger partial charge >= 0.3 is 0 Å². The monoisotopic (exact) mass is 498 g/mol. The molecule has 1 N–H and O–H groups in total. The molecule has 1 aromatic heterocycles. The molecule has 0 bridgehead atoms. The molecule has 3 rings (SSSR count). The quantitative estimate of drug-likeness (QED) is 0.268. The maximum absolute atomic E-state index is 13.4. The Balaban J connectivity index is 2.00. The first kappa shape index (κ1) is 27.3. The number of benzene rings is 1. The molecule has 196 valence electrons. The van der Waals surface area contributed by atoms with E-state index in [1.807, 2.05) is 19.1 Å². The normalized spacial score (nSPS) is 15.8. The van der Waals surface area contributed by atoms with Gasteiger partial charge in [-0.1, -0.05) is 39.7 Å². The molecule has 8 heteroatoms. The number of hydrogen-bond donors (Lipinski definition) is 1. The highest BCUT2D eigenvalue weighted by molar-refractivity contribution is 6.15. The molecule has 1 aliphatic rings. The van der Waals surface area contributed by atoms with E-state index in [-0.39, 0.29) is 11.3 Å². The summed E-state index contributed by atoms with van der Waals surface area (Å²) in [4.78, 5) is 30.3. The summed E-state index contributed by atoms with van der Waals surface area (Å²) >= 11 is 0. The summed E-state index contributed by atoms with van der Waals surface area (Å²) in [5.41, 5.74) is 0.666. The van der Waals surface area contributed by atoms with Crippen molar-refractivity contribution in [3.8, 4) is 11.5 Å². The number of hydrogen-bond acceptors (Lipinski definition) is 7. The van der Waals surface area contributed by atoms with E-state index in [1.165, 1.54) is 12.3 Å². The minimum atomic E-state index is -0.779. The highest BCUT2D eigenvalue weighted by Crippen LogP contribution is 2.41. The van der Waals surface area contributed by atoms with E-state index < -0.39 is 23.5 Å². The van der Waals surface area contributed by atoms with Crippen LogP contribution < -0.4 is 9.47 Å². The van der Waals surface area contributed by atoms with Crippen molar-refractivity contribution in [3.05, 3.63) is 59.3 Å². The van der Waals surface area contributed by atoms with Gasteiger partial charge in [-0.2, -0.15) is 0 Å². The van der Waals surface area contributed by atoms with Gasteiger partial charge in [-0.05, 0) is 56.3 Å². The summed E-state index contributed by atoms with van der Waals surface area (Å²) < 4.78 is 17.1. The van der Waals surface area contributed by atoms with Crippen LogP contribution >= 0.6 is 0 Å². The van der Waals surface area contributed by atoms with Gasteiger partial charge in [-0.25, -0.2) is 0 Å². The fourth-order valence-electron chi connectivity index (χ4n) is 4.41. The Morgan fingerprint density at radius 2 is 1.86 bits per heavy atom. The second-order valence-electron chi connectivity index (χ2n) is 8.69. The van der Waals surface area contributed by atoms with E-state index in [0.717, 1.165) is 32.4 Å². The molecule has 1 atom stereocenters. The number of ether oxygens (including phenoxy) is 2. The highest BCUT2D eigenvalue weighted by atomic mass is 16.5. The lowest BCUT2D eigenvalue weighted by Gasteiger charge is -2.29. The van der Waals surface area contributed by atoms with Crippen molar-refractivity contribution in [2.45, 2.75) is 53.0 Å². The zero-order valence-electron chi connectivity index (χ0n) is 21.8. The lowest BCUT2D eigenvalue weighted by Crippen LogP contribution is -2.38. The summed E-state index contributed by atoms with van der Waals surface area (Å²) in [5.74, 6) is -0.403. The van der Waals surface area contributed by atoms with Gasteiger partial charge in [0.1, 0.15) is 0 Å². The molecule has 2 heterocycles. The number of nitrogens with zero attached hydrogens (tertiary/aromatic N) is 2. The standard InChI is InChI=1S/C28H38N2O6/c1-5-9-10-17-35-21-14-13-20(19-23(21)34-8-4)25-24(26(31)22-12-11-18-36-22)27(32)28(33)30(25)16-15-29(6-2)7-3/h11-14,18-19,25,32H,5-10,15-17H2,1-4H3. The Hall–Kier alpha value is -3.26. The smallest absolute Gasteiger partial charge is 0.290 e. The number of unbranched alkanes of at least 4 members (excludes halogenated alkanes) is 2. The Bertz CT molecular complexity index is 1040. The third-order valence-electron chi connectivity index (χ3n) is 6.43. The third kappa shape index (κ3) is 6.10. The Labute approximate surface area is 213 Å². The van der Waals surface area contributed by atoms with Crippen LogP contribution in [0, 0.1) is 0 Å². The van der Waals surface area contributed by atoms with Crippen molar-refractivity contribution in [1.29, 1.82) is 0 Å². The molecule has 1 aromatic carbocycles. The van der Waals surface area contributed by atoms with E-state index in [1.54, 1.807) is 17.0 Å². The molecule has 0 radical (unpaired) electrons. The molecule has 0 fully saturated rings.